The minimum absolute atomic E-state index is 0.193. The second kappa shape index (κ2) is 11.3. The number of aryl methyl sites for hydroxylation is 1. The Kier molecular flexibility index (Phi) is 8.19. The number of carboxylic acids is 1. The van der Waals surface area contributed by atoms with Gasteiger partial charge in [-0.05, 0) is 72.4 Å². The number of amides is 1. The highest BCUT2D eigenvalue weighted by molar-refractivity contribution is 5.95. The van der Waals surface area contributed by atoms with Crippen LogP contribution in [-0.2, 0) is 24.4 Å². The van der Waals surface area contributed by atoms with Crippen LogP contribution in [0, 0.1) is 18.7 Å². The van der Waals surface area contributed by atoms with E-state index in [1.54, 1.807) is 18.2 Å². The van der Waals surface area contributed by atoms with Gasteiger partial charge in [-0.2, -0.15) is 0 Å². The van der Waals surface area contributed by atoms with Gasteiger partial charge in [0.15, 0.2) is 0 Å². The molecular weight excluding hydrogens is 421 g/mol. The van der Waals surface area contributed by atoms with Crippen molar-refractivity contribution in [3.63, 3.8) is 0 Å². The molecule has 0 spiro atoms. The van der Waals surface area contributed by atoms with Gasteiger partial charge in [-0.3, -0.25) is 9.59 Å². The first-order chi connectivity index (χ1) is 15.9. The first-order valence-electron chi connectivity index (χ1n) is 10.9. The lowest BCUT2D eigenvalue weighted by Gasteiger charge is -2.13. The number of hydrogen-bond donors (Lipinski definition) is 2. The van der Waals surface area contributed by atoms with Crippen LogP contribution in [-0.4, -0.2) is 17.0 Å². The third-order valence-electron chi connectivity index (χ3n) is 5.57. The van der Waals surface area contributed by atoms with Crippen LogP contribution in [0.3, 0.4) is 0 Å². The van der Waals surface area contributed by atoms with E-state index >= 15 is 0 Å². The quantitative estimate of drug-likeness (QED) is 0.441. The molecule has 1 atom stereocenters. The monoisotopic (exact) mass is 449 g/mol. The van der Waals surface area contributed by atoms with Crippen LogP contribution in [0.4, 0.5) is 4.39 Å². The van der Waals surface area contributed by atoms with Crippen molar-refractivity contribution in [2.24, 2.45) is 5.92 Å². The van der Waals surface area contributed by atoms with Gasteiger partial charge in [0.05, 0.1) is 5.92 Å². The lowest BCUT2D eigenvalue weighted by atomic mass is 9.94. The smallest absolute Gasteiger partial charge is 0.306 e. The molecule has 33 heavy (non-hydrogen) atoms. The normalized spacial score (nSPS) is 11.6. The van der Waals surface area contributed by atoms with E-state index in [0.717, 1.165) is 22.3 Å². The molecule has 0 aliphatic rings. The summed E-state index contributed by atoms with van der Waals surface area (Å²) in [6, 6.07) is 19.1. The zero-order chi connectivity index (χ0) is 23.8. The zero-order valence-electron chi connectivity index (χ0n) is 18.8. The van der Waals surface area contributed by atoms with Gasteiger partial charge >= 0.3 is 5.97 Å². The Bertz CT molecular complexity index is 1090. The third-order valence-corrected chi connectivity index (χ3v) is 5.57. The number of ether oxygens (including phenoxy) is 1. The van der Waals surface area contributed by atoms with Crippen LogP contribution in [0.15, 0.2) is 66.7 Å². The van der Waals surface area contributed by atoms with Crippen molar-refractivity contribution < 1.29 is 23.8 Å². The van der Waals surface area contributed by atoms with Gasteiger partial charge in [-0.25, -0.2) is 4.39 Å². The Morgan fingerprint density at radius 3 is 2.24 bits per heavy atom. The largest absolute Gasteiger partial charge is 0.489 e. The van der Waals surface area contributed by atoms with Gasteiger partial charge in [0.25, 0.3) is 5.91 Å². The summed E-state index contributed by atoms with van der Waals surface area (Å²) in [6.07, 6.45) is 0.934. The van der Waals surface area contributed by atoms with E-state index in [1.165, 1.54) is 12.1 Å². The maximum Gasteiger partial charge on any atom is 0.306 e. The van der Waals surface area contributed by atoms with Crippen LogP contribution in [0.2, 0.25) is 0 Å². The Hall–Kier alpha value is -3.67. The molecule has 0 aliphatic carbocycles. The number of nitrogens with one attached hydrogen (secondary N) is 1. The first-order valence-corrected chi connectivity index (χ1v) is 10.9. The lowest BCUT2D eigenvalue weighted by molar-refractivity contribution is -0.141. The van der Waals surface area contributed by atoms with Gasteiger partial charge in [-0.1, -0.05) is 43.3 Å². The molecule has 0 fully saturated rings. The molecule has 172 valence electrons. The number of hydrogen-bond acceptors (Lipinski definition) is 3. The van der Waals surface area contributed by atoms with Crippen molar-refractivity contribution in [3.05, 3.63) is 100 Å². The Morgan fingerprint density at radius 2 is 1.61 bits per heavy atom. The van der Waals surface area contributed by atoms with E-state index in [-0.39, 0.29) is 11.7 Å². The molecule has 3 aromatic carbocycles. The molecule has 3 rings (SSSR count). The van der Waals surface area contributed by atoms with Crippen LogP contribution >= 0.6 is 0 Å². The molecule has 5 nitrogen and oxygen atoms in total. The number of halogens is 1. The Morgan fingerprint density at radius 1 is 0.970 bits per heavy atom. The van der Waals surface area contributed by atoms with Crippen LogP contribution in [0.25, 0.3) is 0 Å². The minimum atomic E-state index is -0.824. The molecule has 0 radical (unpaired) electrons. The van der Waals surface area contributed by atoms with Crippen LogP contribution in [0.1, 0.15) is 46.0 Å². The van der Waals surface area contributed by atoms with E-state index < -0.39 is 11.9 Å². The molecule has 0 aliphatic heterocycles. The van der Waals surface area contributed by atoms with Crippen molar-refractivity contribution in [1.29, 1.82) is 0 Å². The van der Waals surface area contributed by atoms with Crippen molar-refractivity contribution in [3.8, 4) is 5.75 Å². The minimum Gasteiger partial charge on any atom is -0.489 e. The number of aliphatic carboxylic acids is 1. The van der Waals surface area contributed by atoms with Gasteiger partial charge in [0.2, 0.25) is 0 Å². The van der Waals surface area contributed by atoms with E-state index in [0.29, 0.717) is 37.3 Å². The SMILES string of the molecule is CC[C@H](Cc1ccc(C)c(C(=O)NCc2ccc(COc3ccc(F)cc3)cc2)c1)C(=O)O. The van der Waals surface area contributed by atoms with Crippen molar-refractivity contribution in [2.45, 2.75) is 39.8 Å². The number of carbonyl (C=O) groups is 2. The van der Waals surface area contributed by atoms with Crippen molar-refractivity contribution >= 4 is 11.9 Å². The lowest BCUT2D eigenvalue weighted by Crippen LogP contribution is -2.24. The highest BCUT2D eigenvalue weighted by Gasteiger charge is 2.17. The molecule has 3 aromatic rings. The summed E-state index contributed by atoms with van der Waals surface area (Å²) in [7, 11) is 0. The molecule has 0 heterocycles. The number of carbonyl (C=O) groups excluding carboxylic acids is 1. The third kappa shape index (κ3) is 6.91. The highest BCUT2D eigenvalue weighted by atomic mass is 19.1. The highest BCUT2D eigenvalue weighted by Crippen LogP contribution is 2.18. The standard InChI is InChI=1S/C27H28FNO4/c1-3-22(27(31)32)14-21-5-4-18(2)25(15-21)26(30)29-16-19-6-8-20(9-7-19)17-33-24-12-10-23(28)11-13-24/h4-13,15,22H,3,14,16-17H2,1-2H3,(H,29,30)(H,31,32)/t22-/m1/s1. The molecule has 0 saturated carbocycles. The van der Waals surface area contributed by atoms with Crippen molar-refractivity contribution in [2.75, 3.05) is 0 Å². The van der Waals surface area contributed by atoms with Crippen LogP contribution < -0.4 is 10.1 Å². The molecule has 1 amide bonds. The molecule has 0 saturated heterocycles. The van der Waals surface area contributed by atoms with Gasteiger partial charge in [-0.15, -0.1) is 0 Å². The second-order valence-corrected chi connectivity index (χ2v) is 8.04. The molecule has 0 unspecified atom stereocenters. The molecule has 0 bridgehead atoms. The van der Waals surface area contributed by atoms with Crippen molar-refractivity contribution in [1.82, 2.24) is 5.32 Å². The molecular formula is C27H28FNO4. The van der Waals surface area contributed by atoms with E-state index in [1.807, 2.05) is 50.2 Å². The second-order valence-electron chi connectivity index (χ2n) is 8.04. The van der Waals surface area contributed by atoms with E-state index in [2.05, 4.69) is 5.32 Å². The fraction of sp³-hybridized carbons (Fsp3) is 0.259. The molecule has 6 heteroatoms. The number of carboxylic acid groups (broad SMARTS) is 1. The van der Waals surface area contributed by atoms with E-state index in [4.69, 9.17) is 4.74 Å². The topological polar surface area (TPSA) is 75.6 Å². The van der Waals surface area contributed by atoms with Crippen LogP contribution in [0.5, 0.6) is 5.75 Å². The summed E-state index contributed by atoms with van der Waals surface area (Å²) >= 11 is 0. The number of benzene rings is 3. The predicted molar refractivity (Wildman–Crippen MR) is 125 cm³/mol. The number of rotatable bonds is 10. The van der Waals surface area contributed by atoms with Gasteiger partial charge < -0.3 is 15.2 Å². The van der Waals surface area contributed by atoms with Gasteiger partial charge in [0, 0.05) is 12.1 Å². The summed E-state index contributed by atoms with van der Waals surface area (Å²) in [5.41, 5.74) is 4.14. The average molecular weight is 450 g/mol. The average Bonchev–Trinajstić information content (AvgIpc) is 2.82. The first kappa shape index (κ1) is 24.0. The molecule has 0 aromatic heterocycles. The Labute approximate surface area is 193 Å². The molecule has 2 N–H and O–H groups in total. The summed E-state index contributed by atoms with van der Waals surface area (Å²) in [5.74, 6) is -1.19. The fourth-order valence-electron chi connectivity index (χ4n) is 3.46. The fourth-order valence-corrected chi connectivity index (χ4v) is 3.46. The summed E-state index contributed by atoms with van der Waals surface area (Å²) in [4.78, 5) is 24.1. The van der Waals surface area contributed by atoms with E-state index in [9.17, 15) is 19.1 Å². The van der Waals surface area contributed by atoms with Gasteiger partial charge in [0.1, 0.15) is 18.2 Å². The summed E-state index contributed by atoms with van der Waals surface area (Å²) in [5, 5.41) is 12.2. The summed E-state index contributed by atoms with van der Waals surface area (Å²) < 4.78 is 18.6. The summed E-state index contributed by atoms with van der Waals surface area (Å²) in [6.45, 7) is 4.44. The predicted octanol–water partition coefficient (Wildman–Crippen LogP) is 5.30. The maximum atomic E-state index is 13.0. The zero-order valence-corrected chi connectivity index (χ0v) is 18.8. The maximum absolute atomic E-state index is 13.0. The Balaban J connectivity index is 1.56.